The first kappa shape index (κ1) is 14.1. The summed E-state index contributed by atoms with van der Waals surface area (Å²) in [5.41, 5.74) is 6.14. The zero-order valence-electron chi connectivity index (χ0n) is 12.7. The van der Waals surface area contributed by atoms with Crippen LogP contribution < -0.4 is 10.2 Å². The van der Waals surface area contributed by atoms with Gasteiger partial charge in [0, 0.05) is 17.4 Å². The van der Waals surface area contributed by atoms with Crippen molar-refractivity contribution in [1.82, 2.24) is 0 Å². The number of nitrogens with zero attached hydrogens (tertiary/aromatic N) is 1. The van der Waals surface area contributed by atoms with Crippen molar-refractivity contribution in [3.63, 3.8) is 0 Å². The zero-order chi connectivity index (χ0) is 15.0. The highest BCUT2D eigenvalue weighted by Gasteiger charge is 2.28. The van der Waals surface area contributed by atoms with Gasteiger partial charge in [-0.25, -0.2) is 0 Å². The minimum atomic E-state index is 0.396. The number of nitrogens with one attached hydrogen (secondary N) is 1. The van der Waals surface area contributed by atoms with Gasteiger partial charge in [0.2, 0.25) is 0 Å². The first-order valence-corrected chi connectivity index (χ1v) is 7.72. The lowest BCUT2D eigenvalue weighted by Gasteiger charge is -2.26. The van der Waals surface area contributed by atoms with Gasteiger partial charge in [-0.3, -0.25) is 0 Å². The second-order valence-corrected chi connectivity index (χ2v) is 6.19. The maximum atomic E-state index is 5.67. The molecule has 108 valence electrons. The Kier molecular flexibility index (Phi) is 3.68. The van der Waals surface area contributed by atoms with Crippen LogP contribution in [0.15, 0.2) is 42.5 Å². The number of rotatable bonds is 1. The smallest absolute Gasteiger partial charge is 0.178 e. The molecule has 2 nitrogen and oxygen atoms in total. The number of hydrogen-bond donors (Lipinski definition) is 1. The lowest BCUT2D eigenvalue weighted by atomic mass is 10.1. The molecule has 1 N–H and O–H groups in total. The largest absolute Gasteiger partial charge is 0.332 e. The molecule has 0 radical (unpaired) electrons. The van der Waals surface area contributed by atoms with E-state index in [2.05, 4.69) is 73.5 Å². The molecule has 2 aromatic carbocycles. The van der Waals surface area contributed by atoms with Gasteiger partial charge in [-0.2, -0.15) is 0 Å². The Labute approximate surface area is 131 Å². The van der Waals surface area contributed by atoms with Crippen LogP contribution in [-0.2, 0) is 6.42 Å². The van der Waals surface area contributed by atoms with Gasteiger partial charge in [-0.1, -0.05) is 30.3 Å². The van der Waals surface area contributed by atoms with E-state index in [1.807, 2.05) is 0 Å². The van der Waals surface area contributed by atoms with E-state index in [0.717, 1.165) is 17.2 Å². The molecule has 2 aromatic rings. The summed E-state index contributed by atoms with van der Waals surface area (Å²) in [6.45, 7) is 6.42. The van der Waals surface area contributed by atoms with Crippen molar-refractivity contribution in [2.45, 2.75) is 33.2 Å². The van der Waals surface area contributed by atoms with Crippen LogP contribution in [0.5, 0.6) is 0 Å². The Morgan fingerprint density at radius 3 is 2.76 bits per heavy atom. The fourth-order valence-electron chi connectivity index (χ4n) is 2.92. The average molecular weight is 296 g/mol. The lowest BCUT2D eigenvalue weighted by Crippen LogP contribution is -2.39. The van der Waals surface area contributed by atoms with E-state index in [0.29, 0.717) is 6.04 Å². The summed E-state index contributed by atoms with van der Waals surface area (Å²) in [7, 11) is 0. The maximum Gasteiger partial charge on any atom is 0.178 e. The van der Waals surface area contributed by atoms with Crippen LogP contribution in [0.25, 0.3) is 0 Å². The van der Waals surface area contributed by atoms with Crippen molar-refractivity contribution in [2.24, 2.45) is 0 Å². The molecule has 1 aliphatic rings. The molecule has 0 unspecified atom stereocenters. The van der Waals surface area contributed by atoms with E-state index in [1.165, 1.54) is 22.4 Å². The van der Waals surface area contributed by atoms with E-state index < -0.39 is 0 Å². The van der Waals surface area contributed by atoms with Crippen molar-refractivity contribution in [2.75, 3.05) is 10.2 Å². The van der Waals surface area contributed by atoms with E-state index in [1.54, 1.807) is 0 Å². The molecule has 0 spiro atoms. The summed E-state index contributed by atoms with van der Waals surface area (Å²) < 4.78 is 0. The van der Waals surface area contributed by atoms with Crippen LogP contribution in [0.3, 0.4) is 0 Å². The topological polar surface area (TPSA) is 15.3 Å². The molecule has 0 saturated carbocycles. The number of para-hydroxylation sites is 1. The molecule has 0 amide bonds. The molecule has 0 saturated heterocycles. The van der Waals surface area contributed by atoms with Crippen LogP contribution in [-0.4, -0.2) is 11.2 Å². The Morgan fingerprint density at radius 1 is 1.19 bits per heavy atom. The van der Waals surface area contributed by atoms with E-state index in [4.69, 9.17) is 12.2 Å². The Morgan fingerprint density at radius 2 is 1.95 bits per heavy atom. The third-order valence-corrected chi connectivity index (χ3v) is 4.36. The third-order valence-electron chi connectivity index (χ3n) is 4.06. The molecule has 1 atom stereocenters. The number of fused-ring (bicyclic) bond motifs is 1. The molecule has 1 heterocycles. The first-order valence-electron chi connectivity index (χ1n) is 7.31. The summed E-state index contributed by atoms with van der Waals surface area (Å²) in [6.07, 6.45) is 1.05. The van der Waals surface area contributed by atoms with Gasteiger partial charge >= 0.3 is 0 Å². The molecule has 0 fully saturated rings. The third kappa shape index (κ3) is 2.66. The summed E-state index contributed by atoms with van der Waals surface area (Å²) in [4.78, 5) is 2.23. The second kappa shape index (κ2) is 5.49. The predicted octanol–water partition coefficient (Wildman–Crippen LogP) is 4.45. The maximum absolute atomic E-state index is 5.67. The van der Waals surface area contributed by atoms with E-state index in [-0.39, 0.29) is 0 Å². The lowest BCUT2D eigenvalue weighted by molar-refractivity contribution is 0.776. The fraction of sp³-hybridized carbons (Fsp3) is 0.278. The Balaban J connectivity index is 1.87. The van der Waals surface area contributed by atoms with Gasteiger partial charge in [-0.05, 0) is 68.2 Å². The Bertz CT molecular complexity index is 693. The number of hydrogen-bond acceptors (Lipinski definition) is 1. The monoisotopic (exact) mass is 296 g/mol. The highest BCUT2D eigenvalue weighted by atomic mass is 32.1. The summed E-state index contributed by atoms with van der Waals surface area (Å²) >= 11 is 5.67. The molecule has 0 bridgehead atoms. The standard InChI is InChI=1S/C18H20N2S/c1-12-8-9-13(2)16(10-12)19-18(21)20-14(3)11-15-6-4-5-7-17(15)20/h4-10,14H,11H2,1-3H3,(H,19,21)/t14-/m0/s1. The van der Waals surface area contributed by atoms with Crippen molar-refractivity contribution in [1.29, 1.82) is 0 Å². The number of anilines is 2. The van der Waals surface area contributed by atoms with Crippen LogP contribution in [0, 0.1) is 13.8 Å². The van der Waals surface area contributed by atoms with Gasteiger partial charge in [0.25, 0.3) is 0 Å². The van der Waals surface area contributed by atoms with Crippen molar-refractivity contribution in [3.05, 3.63) is 59.2 Å². The summed E-state index contributed by atoms with van der Waals surface area (Å²) in [5, 5.41) is 4.20. The minimum Gasteiger partial charge on any atom is -0.332 e. The molecular formula is C18H20N2S. The average Bonchev–Trinajstić information content (AvgIpc) is 2.78. The zero-order valence-corrected chi connectivity index (χ0v) is 13.5. The summed E-state index contributed by atoms with van der Waals surface area (Å²) in [6, 6.07) is 15.3. The number of thiocarbonyl (C=S) groups is 1. The number of benzene rings is 2. The van der Waals surface area contributed by atoms with Crippen LogP contribution in [0.4, 0.5) is 11.4 Å². The molecule has 0 aliphatic carbocycles. The van der Waals surface area contributed by atoms with Gasteiger partial charge in [0.15, 0.2) is 5.11 Å². The molecule has 21 heavy (non-hydrogen) atoms. The summed E-state index contributed by atoms with van der Waals surface area (Å²) in [5.74, 6) is 0. The van der Waals surface area contributed by atoms with Crippen LogP contribution in [0.1, 0.15) is 23.6 Å². The molecule has 3 heteroatoms. The molecule has 3 rings (SSSR count). The fourth-order valence-corrected chi connectivity index (χ4v) is 3.31. The first-order chi connectivity index (χ1) is 10.1. The highest BCUT2D eigenvalue weighted by Crippen LogP contribution is 2.32. The van der Waals surface area contributed by atoms with E-state index >= 15 is 0 Å². The SMILES string of the molecule is Cc1ccc(C)c(NC(=S)N2c3ccccc3C[C@@H]2C)c1. The predicted molar refractivity (Wildman–Crippen MR) is 94.2 cm³/mol. The Hall–Kier alpha value is -1.87. The van der Waals surface area contributed by atoms with E-state index in [9.17, 15) is 0 Å². The second-order valence-electron chi connectivity index (χ2n) is 5.80. The minimum absolute atomic E-state index is 0.396. The van der Waals surface area contributed by atoms with Gasteiger partial charge < -0.3 is 10.2 Å². The molecule has 1 aliphatic heterocycles. The normalized spacial score (nSPS) is 16.7. The van der Waals surface area contributed by atoms with Crippen LogP contribution in [0.2, 0.25) is 0 Å². The van der Waals surface area contributed by atoms with Crippen molar-refractivity contribution in [3.8, 4) is 0 Å². The van der Waals surface area contributed by atoms with Gasteiger partial charge in [0.05, 0.1) is 0 Å². The van der Waals surface area contributed by atoms with Crippen molar-refractivity contribution >= 4 is 28.7 Å². The highest BCUT2D eigenvalue weighted by molar-refractivity contribution is 7.80. The quantitative estimate of drug-likeness (QED) is 0.783. The van der Waals surface area contributed by atoms with Gasteiger partial charge in [-0.15, -0.1) is 0 Å². The van der Waals surface area contributed by atoms with Crippen LogP contribution >= 0.6 is 12.2 Å². The molecule has 0 aromatic heterocycles. The van der Waals surface area contributed by atoms with Gasteiger partial charge in [0.1, 0.15) is 0 Å². The molecular weight excluding hydrogens is 276 g/mol. The van der Waals surface area contributed by atoms with Crippen molar-refractivity contribution < 1.29 is 0 Å². The number of aryl methyl sites for hydroxylation is 2.